The molecular formula is C19H16F3N3O4S. The zero-order valence-electron chi connectivity index (χ0n) is 15.6. The second-order valence-electron chi connectivity index (χ2n) is 5.89. The Morgan fingerprint density at radius 3 is 2.13 bits per heavy atom. The first-order chi connectivity index (χ1) is 14.2. The van der Waals surface area contributed by atoms with Gasteiger partial charge in [-0.25, -0.2) is 8.42 Å². The van der Waals surface area contributed by atoms with E-state index in [4.69, 9.17) is 4.74 Å². The van der Waals surface area contributed by atoms with Crippen molar-refractivity contribution in [1.82, 2.24) is 10.2 Å². The highest BCUT2D eigenvalue weighted by molar-refractivity contribution is 7.92. The summed E-state index contributed by atoms with van der Waals surface area (Å²) >= 11 is 0. The maximum atomic E-state index is 12.4. The molecule has 0 atom stereocenters. The van der Waals surface area contributed by atoms with Gasteiger partial charge in [-0.2, -0.15) is 0 Å². The maximum Gasteiger partial charge on any atom is 0.573 e. The van der Waals surface area contributed by atoms with E-state index in [1.807, 2.05) is 6.92 Å². The predicted molar refractivity (Wildman–Crippen MR) is 103 cm³/mol. The molecule has 0 radical (unpaired) electrons. The molecule has 3 rings (SSSR count). The lowest BCUT2D eigenvalue weighted by Gasteiger charge is -2.11. The number of ether oxygens (including phenoxy) is 2. The highest BCUT2D eigenvalue weighted by atomic mass is 32.2. The third kappa shape index (κ3) is 5.60. The van der Waals surface area contributed by atoms with Crippen LogP contribution < -0.4 is 14.2 Å². The number of benzene rings is 2. The lowest BCUT2D eigenvalue weighted by Crippen LogP contribution is -2.17. The molecule has 0 fully saturated rings. The molecule has 0 aliphatic rings. The molecule has 0 bridgehead atoms. The third-order valence-electron chi connectivity index (χ3n) is 3.73. The largest absolute Gasteiger partial charge is 0.573 e. The van der Waals surface area contributed by atoms with Gasteiger partial charge in [0.05, 0.1) is 17.2 Å². The minimum atomic E-state index is -4.85. The molecule has 7 nitrogen and oxygen atoms in total. The van der Waals surface area contributed by atoms with Crippen molar-refractivity contribution >= 4 is 15.7 Å². The number of rotatable bonds is 7. The van der Waals surface area contributed by atoms with Gasteiger partial charge in [-0.3, -0.25) is 4.72 Å². The Labute approximate surface area is 170 Å². The molecule has 0 amide bonds. The molecule has 0 spiro atoms. The maximum absolute atomic E-state index is 12.4. The molecule has 3 aromatic rings. The standard InChI is InChI=1S/C19H16F3N3O4S/c1-2-28-18-12-11-17(23-24-18)13-3-5-14(6-4-13)25-30(26,27)16-9-7-15(8-10-16)29-19(20,21)22/h3-12,25H,2H2,1H3. The first kappa shape index (κ1) is 21.4. The van der Waals surface area contributed by atoms with Crippen molar-refractivity contribution < 1.29 is 31.1 Å². The van der Waals surface area contributed by atoms with Gasteiger partial charge in [0.2, 0.25) is 5.88 Å². The van der Waals surface area contributed by atoms with Crippen LogP contribution in [0, 0.1) is 0 Å². The summed E-state index contributed by atoms with van der Waals surface area (Å²) < 4.78 is 72.8. The first-order valence-corrected chi connectivity index (χ1v) is 10.1. The number of halogens is 3. The monoisotopic (exact) mass is 439 g/mol. The summed E-state index contributed by atoms with van der Waals surface area (Å²) in [6.45, 7) is 2.31. The second kappa shape index (κ2) is 8.57. The van der Waals surface area contributed by atoms with E-state index in [-0.39, 0.29) is 10.6 Å². The Bertz CT molecular complexity index is 1090. The van der Waals surface area contributed by atoms with Crippen LogP contribution in [0.15, 0.2) is 65.6 Å². The van der Waals surface area contributed by atoms with E-state index < -0.39 is 22.1 Å². The van der Waals surface area contributed by atoms with Crippen LogP contribution in [-0.4, -0.2) is 31.6 Å². The topological polar surface area (TPSA) is 90.4 Å². The fourth-order valence-corrected chi connectivity index (χ4v) is 3.50. The molecule has 158 valence electrons. The smallest absolute Gasteiger partial charge is 0.477 e. The van der Waals surface area contributed by atoms with Crippen LogP contribution in [-0.2, 0) is 10.0 Å². The van der Waals surface area contributed by atoms with Crippen LogP contribution in [0.1, 0.15) is 6.92 Å². The van der Waals surface area contributed by atoms with E-state index in [0.29, 0.717) is 23.7 Å². The number of nitrogens with zero attached hydrogens (tertiary/aromatic N) is 2. The van der Waals surface area contributed by atoms with Gasteiger partial charge in [-0.15, -0.1) is 23.4 Å². The number of sulfonamides is 1. The van der Waals surface area contributed by atoms with Crippen molar-refractivity contribution in [3.63, 3.8) is 0 Å². The van der Waals surface area contributed by atoms with E-state index >= 15 is 0 Å². The Kier molecular flexibility index (Phi) is 6.11. The molecule has 1 aromatic heterocycles. The molecule has 1 N–H and O–H groups in total. The van der Waals surface area contributed by atoms with E-state index in [1.165, 1.54) is 12.1 Å². The molecule has 0 saturated heterocycles. The van der Waals surface area contributed by atoms with Crippen LogP contribution in [0.5, 0.6) is 11.6 Å². The molecule has 0 aliphatic carbocycles. The third-order valence-corrected chi connectivity index (χ3v) is 5.13. The van der Waals surface area contributed by atoms with Crippen LogP contribution in [0.4, 0.5) is 18.9 Å². The van der Waals surface area contributed by atoms with Crippen molar-refractivity contribution in [1.29, 1.82) is 0 Å². The summed E-state index contributed by atoms with van der Waals surface area (Å²) in [5.41, 5.74) is 1.56. The van der Waals surface area contributed by atoms with Crippen LogP contribution in [0.2, 0.25) is 0 Å². The van der Waals surface area contributed by atoms with E-state index in [0.717, 1.165) is 24.3 Å². The Morgan fingerprint density at radius 2 is 1.60 bits per heavy atom. The SMILES string of the molecule is CCOc1ccc(-c2ccc(NS(=O)(=O)c3ccc(OC(F)(F)F)cc3)cc2)nn1. The average Bonchev–Trinajstić information content (AvgIpc) is 2.68. The van der Waals surface area contributed by atoms with Gasteiger partial charge in [-0.05, 0) is 49.4 Å². The minimum Gasteiger partial charge on any atom is -0.477 e. The Morgan fingerprint density at radius 1 is 0.933 bits per heavy atom. The predicted octanol–water partition coefficient (Wildman–Crippen LogP) is 4.24. The molecule has 30 heavy (non-hydrogen) atoms. The summed E-state index contributed by atoms with van der Waals surface area (Å²) in [6.07, 6.45) is -4.85. The summed E-state index contributed by atoms with van der Waals surface area (Å²) in [4.78, 5) is -0.210. The number of nitrogens with one attached hydrogen (secondary N) is 1. The molecule has 0 saturated carbocycles. The summed E-state index contributed by atoms with van der Waals surface area (Å²) in [6, 6.07) is 13.7. The Hall–Kier alpha value is -3.34. The lowest BCUT2D eigenvalue weighted by atomic mass is 10.1. The second-order valence-corrected chi connectivity index (χ2v) is 7.57. The van der Waals surface area contributed by atoms with Crippen molar-refractivity contribution in [3.05, 3.63) is 60.7 Å². The van der Waals surface area contributed by atoms with Gasteiger partial charge in [-0.1, -0.05) is 12.1 Å². The van der Waals surface area contributed by atoms with Gasteiger partial charge >= 0.3 is 6.36 Å². The van der Waals surface area contributed by atoms with Gasteiger partial charge in [0, 0.05) is 17.3 Å². The van der Waals surface area contributed by atoms with Crippen molar-refractivity contribution in [2.75, 3.05) is 11.3 Å². The number of alkyl halides is 3. The fraction of sp³-hybridized carbons (Fsp3) is 0.158. The molecule has 1 heterocycles. The van der Waals surface area contributed by atoms with Crippen LogP contribution in [0.3, 0.4) is 0 Å². The zero-order valence-corrected chi connectivity index (χ0v) is 16.4. The first-order valence-electron chi connectivity index (χ1n) is 8.62. The Balaban J connectivity index is 1.71. The number of hydrogen-bond donors (Lipinski definition) is 1. The van der Waals surface area contributed by atoms with Crippen molar-refractivity contribution in [2.45, 2.75) is 18.2 Å². The summed E-state index contributed by atoms with van der Waals surface area (Å²) in [7, 11) is -3.99. The zero-order chi connectivity index (χ0) is 21.8. The molecule has 11 heteroatoms. The number of anilines is 1. The molecule has 2 aromatic carbocycles. The molecule has 0 unspecified atom stereocenters. The van der Waals surface area contributed by atoms with Gasteiger partial charge < -0.3 is 9.47 Å². The molecular weight excluding hydrogens is 423 g/mol. The fourth-order valence-electron chi connectivity index (χ4n) is 2.44. The summed E-state index contributed by atoms with van der Waals surface area (Å²) in [5, 5.41) is 7.98. The van der Waals surface area contributed by atoms with Gasteiger partial charge in [0.1, 0.15) is 5.75 Å². The highest BCUT2D eigenvalue weighted by Crippen LogP contribution is 2.25. The van der Waals surface area contributed by atoms with Crippen LogP contribution >= 0.6 is 0 Å². The van der Waals surface area contributed by atoms with Gasteiger partial charge in [0.25, 0.3) is 10.0 Å². The quantitative estimate of drug-likeness (QED) is 0.592. The normalized spacial score (nSPS) is 11.7. The molecule has 0 aliphatic heterocycles. The van der Waals surface area contributed by atoms with Crippen LogP contribution in [0.25, 0.3) is 11.3 Å². The average molecular weight is 439 g/mol. The van der Waals surface area contributed by atoms with E-state index in [1.54, 1.807) is 24.3 Å². The van der Waals surface area contributed by atoms with Gasteiger partial charge in [0.15, 0.2) is 0 Å². The van der Waals surface area contributed by atoms with Crippen molar-refractivity contribution in [3.8, 4) is 22.9 Å². The van der Waals surface area contributed by atoms with Crippen molar-refractivity contribution in [2.24, 2.45) is 0 Å². The number of aromatic nitrogens is 2. The summed E-state index contributed by atoms with van der Waals surface area (Å²) in [5.74, 6) is -0.112. The lowest BCUT2D eigenvalue weighted by molar-refractivity contribution is -0.274. The minimum absolute atomic E-state index is 0.210. The van der Waals surface area contributed by atoms with E-state index in [2.05, 4.69) is 19.7 Å². The number of hydrogen-bond acceptors (Lipinski definition) is 6. The van der Waals surface area contributed by atoms with E-state index in [9.17, 15) is 21.6 Å². The highest BCUT2D eigenvalue weighted by Gasteiger charge is 2.31.